The van der Waals surface area contributed by atoms with Crippen LogP contribution in [0.5, 0.6) is 0 Å². The summed E-state index contributed by atoms with van der Waals surface area (Å²) >= 11 is 6.11. The number of hydrogen-bond donors (Lipinski definition) is 1. The van der Waals surface area contributed by atoms with E-state index in [0.29, 0.717) is 27.3 Å². The first-order chi connectivity index (χ1) is 15.1. The van der Waals surface area contributed by atoms with Gasteiger partial charge >= 0.3 is 0 Å². The summed E-state index contributed by atoms with van der Waals surface area (Å²) in [7, 11) is 0. The van der Waals surface area contributed by atoms with Gasteiger partial charge in [0.05, 0.1) is 17.1 Å². The van der Waals surface area contributed by atoms with Crippen molar-refractivity contribution >= 4 is 34.6 Å². The first-order valence-corrected chi connectivity index (χ1v) is 10.1. The molecule has 0 aliphatic carbocycles. The molecule has 7 heteroatoms. The monoisotopic (exact) mass is 430 g/mol. The number of benzene rings is 3. The Hall–Kier alpha value is -3.77. The smallest absolute Gasteiger partial charge is 0.263 e. The normalized spacial score (nSPS) is 12.2. The van der Waals surface area contributed by atoms with Gasteiger partial charge in [-0.25, -0.2) is 10.4 Å². The zero-order valence-corrected chi connectivity index (χ0v) is 17.5. The number of hydrogen-bond acceptors (Lipinski definition) is 4. The molecule has 0 aliphatic rings. The van der Waals surface area contributed by atoms with Crippen molar-refractivity contribution in [3.63, 3.8) is 0 Å². The molecule has 0 spiro atoms. The van der Waals surface area contributed by atoms with Gasteiger partial charge in [0.2, 0.25) is 0 Å². The largest absolute Gasteiger partial charge is 0.280 e. The van der Waals surface area contributed by atoms with Gasteiger partial charge in [0.25, 0.3) is 11.5 Å². The van der Waals surface area contributed by atoms with Crippen molar-refractivity contribution in [3.05, 3.63) is 99.8 Å². The quantitative estimate of drug-likeness (QED) is 0.376. The lowest BCUT2D eigenvalue weighted by atomic mass is 10.1. The van der Waals surface area contributed by atoms with Crippen LogP contribution >= 0.6 is 11.6 Å². The highest BCUT2D eigenvalue weighted by Crippen LogP contribution is 2.22. The summed E-state index contributed by atoms with van der Waals surface area (Å²) < 4.78 is 1.40. The Bertz CT molecular complexity index is 1330. The SMILES string of the molecule is C[C@@H](C(=O)N/N=C\c1ccccc1Cl)n1c(-c2ccccc2)nc2ccccc2c1=O. The van der Waals surface area contributed by atoms with E-state index in [9.17, 15) is 9.59 Å². The van der Waals surface area contributed by atoms with Crippen LogP contribution in [0.25, 0.3) is 22.3 Å². The van der Waals surface area contributed by atoms with Crippen LogP contribution in [0.4, 0.5) is 0 Å². The van der Waals surface area contributed by atoms with E-state index in [4.69, 9.17) is 11.6 Å². The van der Waals surface area contributed by atoms with Crippen molar-refractivity contribution in [2.24, 2.45) is 5.10 Å². The van der Waals surface area contributed by atoms with Gasteiger partial charge in [-0.2, -0.15) is 5.10 Å². The fourth-order valence-corrected chi connectivity index (χ4v) is 3.44. The second kappa shape index (κ2) is 8.93. The number of aromatic nitrogens is 2. The first-order valence-electron chi connectivity index (χ1n) is 9.70. The third-order valence-electron chi connectivity index (χ3n) is 4.89. The molecular weight excluding hydrogens is 412 g/mol. The number of fused-ring (bicyclic) bond motifs is 1. The molecule has 0 bridgehead atoms. The predicted octanol–water partition coefficient (Wildman–Crippen LogP) is 4.43. The molecule has 3 aromatic carbocycles. The van der Waals surface area contributed by atoms with Crippen LogP contribution in [0.3, 0.4) is 0 Å². The highest BCUT2D eigenvalue weighted by molar-refractivity contribution is 6.33. The number of nitrogens with one attached hydrogen (secondary N) is 1. The average Bonchev–Trinajstić information content (AvgIpc) is 2.80. The van der Waals surface area contributed by atoms with Gasteiger partial charge in [-0.15, -0.1) is 0 Å². The molecular formula is C24H19ClN4O2. The van der Waals surface area contributed by atoms with Gasteiger partial charge in [-0.1, -0.05) is 72.3 Å². The topological polar surface area (TPSA) is 76.3 Å². The second-order valence-electron chi connectivity index (χ2n) is 6.93. The number of carbonyl (C=O) groups excluding carboxylic acids is 1. The molecule has 1 amide bonds. The zero-order chi connectivity index (χ0) is 21.8. The molecule has 0 aliphatic heterocycles. The van der Waals surface area contributed by atoms with E-state index in [0.717, 1.165) is 5.56 Å². The van der Waals surface area contributed by atoms with Crippen LogP contribution in [-0.4, -0.2) is 21.7 Å². The van der Waals surface area contributed by atoms with Gasteiger partial charge in [0.15, 0.2) is 0 Å². The maximum absolute atomic E-state index is 13.3. The molecule has 4 aromatic rings. The van der Waals surface area contributed by atoms with Crippen molar-refractivity contribution in [3.8, 4) is 11.4 Å². The first kappa shape index (κ1) is 20.5. The highest BCUT2D eigenvalue weighted by Gasteiger charge is 2.22. The lowest BCUT2D eigenvalue weighted by Crippen LogP contribution is -2.35. The summed E-state index contributed by atoms with van der Waals surface area (Å²) in [6, 6.07) is 22.7. The summed E-state index contributed by atoms with van der Waals surface area (Å²) in [5.41, 5.74) is 4.19. The van der Waals surface area contributed by atoms with Crippen LogP contribution in [0.15, 0.2) is 88.8 Å². The molecule has 1 heterocycles. The lowest BCUT2D eigenvalue weighted by Gasteiger charge is -2.18. The maximum atomic E-state index is 13.3. The number of nitrogens with zero attached hydrogens (tertiary/aromatic N) is 3. The number of halogens is 1. The molecule has 0 radical (unpaired) electrons. The fourth-order valence-electron chi connectivity index (χ4n) is 3.25. The Morgan fingerprint density at radius 1 is 1.03 bits per heavy atom. The van der Waals surface area contributed by atoms with E-state index >= 15 is 0 Å². The van der Waals surface area contributed by atoms with E-state index in [1.54, 1.807) is 37.3 Å². The van der Waals surface area contributed by atoms with E-state index < -0.39 is 11.9 Å². The minimum atomic E-state index is -0.844. The molecule has 0 unspecified atom stereocenters. The van der Waals surface area contributed by atoms with Crippen LogP contribution in [-0.2, 0) is 4.79 Å². The fraction of sp³-hybridized carbons (Fsp3) is 0.0833. The van der Waals surface area contributed by atoms with Crippen molar-refractivity contribution in [2.75, 3.05) is 0 Å². The summed E-state index contributed by atoms with van der Waals surface area (Å²) in [4.78, 5) is 30.8. The van der Waals surface area contributed by atoms with Crippen LogP contribution in [0.2, 0.25) is 5.02 Å². The molecule has 154 valence electrons. The standard InChI is InChI=1S/C24H19ClN4O2/c1-16(23(30)28-26-15-18-11-5-7-13-20(18)25)29-22(17-9-3-2-4-10-17)27-21-14-8-6-12-19(21)24(29)31/h2-16H,1H3,(H,28,30)/b26-15-/t16-/m0/s1. The van der Waals surface area contributed by atoms with Gasteiger partial charge in [-0.3, -0.25) is 14.2 Å². The van der Waals surface area contributed by atoms with Gasteiger partial charge in [0.1, 0.15) is 11.9 Å². The van der Waals surface area contributed by atoms with Gasteiger partial charge in [0, 0.05) is 16.1 Å². The molecule has 1 aromatic heterocycles. The minimum absolute atomic E-state index is 0.290. The zero-order valence-electron chi connectivity index (χ0n) is 16.7. The number of carbonyl (C=O) groups is 1. The van der Waals surface area contributed by atoms with Gasteiger partial charge in [-0.05, 0) is 25.1 Å². The minimum Gasteiger partial charge on any atom is -0.280 e. The predicted molar refractivity (Wildman–Crippen MR) is 123 cm³/mol. The van der Waals surface area contributed by atoms with Crippen molar-refractivity contribution < 1.29 is 4.79 Å². The molecule has 0 saturated carbocycles. The van der Waals surface area contributed by atoms with Crippen LogP contribution in [0, 0.1) is 0 Å². The Kier molecular flexibility index (Phi) is 5.91. The third kappa shape index (κ3) is 4.25. The molecule has 6 nitrogen and oxygen atoms in total. The highest BCUT2D eigenvalue weighted by atomic mass is 35.5. The summed E-state index contributed by atoms with van der Waals surface area (Å²) in [6.45, 7) is 1.64. The number of hydrazone groups is 1. The van der Waals surface area contributed by atoms with E-state index in [1.807, 2.05) is 48.5 Å². The molecule has 1 atom stereocenters. The Morgan fingerprint density at radius 3 is 2.48 bits per heavy atom. The van der Waals surface area contributed by atoms with E-state index in [-0.39, 0.29) is 5.56 Å². The average molecular weight is 431 g/mol. The Balaban J connectivity index is 1.72. The molecule has 31 heavy (non-hydrogen) atoms. The van der Waals surface area contributed by atoms with E-state index in [1.165, 1.54) is 10.8 Å². The molecule has 0 saturated heterocycles. The van der Waals surface area contributed by atoms with E-state index in [2.05, 4.69) is 15.5 Å². The summed E-state index contributed by atoms with van der Waals surface area (Å²) in [5, 5.41) is 4.97. The molecule has 4 rings (SSSR count). The number of amides is 1. The van der Waals surface area contributed by atoms with Crippen molar-refractivity contribution in [1.29, 1.82) is 0 Å². The number of para-hydroxylation sites is 1. The molecule has 0 fully saturated rings. The van der Waals surface area contributed by atoms with Crippen molar-refractivity contribution in [2.45, 2.75) is 13.0 Å². The third-order valence-corrected chi connectivity index (χ3v) is 5.23. The van der Waals surface area contributed by atoms with Crippen LogP contribution in [0.1, 0.15) is 18.5 Å². The summed E-state index contributed by atoms with van der Waals surface area (Å²) in [5.74, 6) is -0.0262. The maximum Gasteiger partial charge on any atom is 0.263 e. The Labute approximate surface area is 183 Å². The Morgan fingerprint density at radius 2 is 1.71 bits per heavy atom. The lowest BCUT2D eigenvalue weighted by molar-refractivity contribution is -0.123. The molecule has 1 N–H and O–H groups in total. The number of rotatable bonds is 5. The van der Waals surface area contributed by atoms with Gasteiger partial charge < -0.3 is 0 Å². The summed E-state index contributed by atoms with van der Waals surface area (Å²) in [6.07, 6.45) is 1.46. The van der Waals surface area contributed by atoms with Crippen LogP contribution < -0.4 is 11.0 Å². The second-order valence-corrected chi connectivity index (χ2v) is 7.33. The van der Waals surface area contributed by atoms with Crippen molar-refractivity contribution in [1.82, 2.24) is 15.0 Å².